The number of para-hydroxylation sites is 2. The van der Waals surface area contributed by atoms with Crippen molar-refractivity contribution in [1.82, 2.24) is 20.9 Å². The maximum Gasteiger partial charge on any atom is 0.265 e. The summed E-state index contributed by atoms with van der Waals surface area (Å²) in [6.07, 6.45) is 2.71. The molecule has 2 heterocycles. The monoisotopic (exact) mass is 430 g/mol. The number of carbonyl (C=O) groups is 2. The first-order valence-corrected chi connectivity index (χ1v) is 11.1. The molecule has 9 nitrogen and oxygen atoms in total. The van der Waals surface area contributed by atoms with E-state index in [0.717, 1.165) is 56.3 Å². The molecule has 0 atom stereocenters. The molecule has 31 heavy (non-hydrogen) atoms. The number of ether oxygens (including phenoxy) is 1. The van der Waals surface area contributed by atoms with Gasteiger partial charge < -0.3 is 25.6 Å². The molecule has 3 N–H and O–H groups in total. The number of piperidine rings is 1. The third-order valence-electron chi connectivity index (χ3n) is 5.54. The molecule has 9 heteroatoms. The van der Waals surface area contributed by atoms with Crippen molar-refractivity contribution in [3.05, 3.63) is 24.3 Å². The second kappa shape index (κ2) is 11.5. The molecule has 170 valence electrons. The van der Waals surface area contributed by atoms with E-state index in [0.29, 0.717) is 25.7 Å². The van der Waals surface area contributed by atoms with E-state index in [1.807, 2.05) is 31.2 Å². The van der Waals surface area contributed by atoms with Gasteiger partial charge in [-0.15, -0.1) is 0 Å². The molecule has 0 radical (unpaired) electrons. The molecule has 1 aromatic rings. The van der Waals surface area contributed by atoms with E-state index in [-0.39, 0.29) is 18.4 Å². The van der Waals surface area contributed by atoms with Crippen molar-refractivity contribution in [1.29, 1.82) is 0 Å². The van der Waals surface area contributed by atoms with Crippen molar-refractivity contribution in [2.75, 3.05) is 57.8 Å². The number of carbonyl (C=O) groups excluding carboxylic acids is 2. The number of likely N-dealkylation sites (N-methyl/N-ethyl adjacent to an activating group) is 1. The molecule has 0 aliphatic carbocycles. The van der Waals surface area contributed by atoms with Gasteiger partial charge in [0.2, 0.25) is 5.91 Å². The topological polar surface area (TPSA) is 98.3 Å². The standard InChI is InChI=1S/C22H34N6O3/c1-3-24-22(26-17-9-13-27(14-10-17)15-20(29)23-2)25-11-6-12-28-18-7-4-5-8-19(18)31-16-21(28)30/h4-5,7-8,17H,3,6,9-16H2,1-2H3,(H,23,29)(H2,24,25,26). The molecular formula is C22H34N6O3. The quantitative estimate of drug-likeness (QED) is 0.317. The molecule has 2 aliphatic rings. The lowest BCUT2D eigenvalue weighted by Gasteiger charge is -2.32. The van der Waals surface area contributed by atoms with Crippen molar-refractivity contribution < 1.29 is 14.3 Å². The van der Waals surface area contributed by atoms with Crippen LogP contribution in [-0.2, 0) is 9.59 Å². The van der Waals surface area contributed by atoms with Gasteiger partial charge in [0.25, 0.3) is 5.91 Å². The lowest BCUT2D eigenvalue weighted by atomic mass is 10.1. The Morgan fingerprint density at radius 3 is 2.77 bits per heavy atom. The smallest absolute Gasteiger partial charge is 0.265 e. The van der Waals surface area contributed by atoms with Gasteiger partial charge in [0.05, 0.1) is 12.2 Å². The lowest BCUT2D eigenvalue weighted by molar-refractivity contribution is -0.122. The largest absolute Gasteiger partial charge is 0.482 e. The number of hydrogen-bond donors (Lipinski definition) is 3. The minimum absolute atomic E-state index is 0.0174. The molecule has 1 saturated heterocycles. The van der Waals surface area contributed by atoms with Crippen LogP contribution in [0, 0.1) is 0 Å². The van der Waals surface area contributed by atoms with Gasteiger partial charge in [-0.1, -0.05) is 12.1 Å². The van der Waals surface area contributed by atoms with Crippen molar-refractivity contribution in [2.24, 2.45) is 4.99 Å². The van der Waals surface area contributed by atoms with Crippen LogP contribution in [-0.4, -0.2) is 81.6 Å². The number of likely N-dealkylation sites (tertiary alicyclic amines) is 1. The zero-order valence-corrected chi connectivity index (χ0v) is 18.5. The highest BCUT2D eigenvalue weighted by atomic mass is 16.5. The minimum Gasteiger partial charge on any atom is -0.482 e. The fourth-order valence-corrected chi connectivity index (χ4v) is 3.85. The van der Waals surface area contributed by atoms with Crippen LogP contribution in [0.15, 0.2) is 29.3 Å². The molecule has 0 aromatic heterocycles. The summed E-state index contributed by atoms with van der Waals surface area (Å²) >= 11 is 0. The summed E-state index contributed by atoms with van der Waals surface area (Å²) in [7, 11) is 1.67. The van der Waals surface area contributed by atoms with Crippen molar-refractivity contribution in [3.8, 4) is 5.75 Å². The van der Waals surface area contributed by atoms with Crippen LogP contribution in [0.1, 0.15) is 26.2 Å². The molecule has 1 aromatic carbocycles. The van der Waals surface area contributed by atoms with Gasteiger partial charge in [-0.25, -0.2) is 0 Å². The van der Waals surface area contributed by atoms with Crippen molar-refractivity contribution in [2.45, 2.75) is 32.2 Å². The van der Waals surface area contributed by atoms with E-state index in [2.05, 4.69) is 20.9 Å². The molecule has 3 rings (SSSR count). The Bertz CT molecular complexity index is 776. The Morgan fingerprint density at radius 2 is 2.03 bits per heavy atom. The zero-order chi connectivity index (χ0) is 22.1. The zero-order valence-electron chi connectivity index (χ0n) is 18.5. The molecule has 2 amide bonds. The summed E-state index contributed by atoms with van der Waals surface area (Å²) in [6, 6.07) is 7.97. The Hall–Kier alpha value is -2.81. The summed E-state index contributed by atoms with van der Waals surface area (Å²) in [4.78, 5) is 32.5. The van der Waals surface area contributed by atoms with E-state index >= 15 is 0 Å². The number of benzene rings is 1. The van der Waals surface area contributed by atoms with Crippen LogP contribution in [0.25, 0.3) is 0 Å². The van der Waals surface area contributed by atoms with Crippen LogP contribution < -0.4 is 25.6 Å². The van der Waals surface area contributed by atoms with Crippen molar-refractivity contribution >= 4 is 23.5 Å². The van der Waals surface area contributed by atoms with Crippen LogP contribution in [0.2, 0.25) is 0 Å². The van der Waals surface area contributed by atoms with Crippen LogP contribution >= 0.6 is 0 Å². The van der Waals surface area contributed by atoms with Crippen LogP contribution in [0.3, 0.4) is 0 Å². The Kier molecular flexibility index (Phi) is 8.52. The second-order valence-corrected chi connectivity index (χ2v) is 7.78. The predicted octanol–water partition coefficient (Wildman–Crippen LogP) is 0.568. The third kappa shape index (κ3) is 6.58. The fourth-order valence-electron chi connectivity index (χ4n) is 3.85. The number of aliphatic imine (C=N–C) groups is 1. The number of anilines is 1. The first-order chi connectivity index (χ1) is 15.1. The highest BCUT2D eigenvalue weighted by molar-refractivity contribution is 5.97. The lowest BCUT2D eigenvalue weighted by Crippen LogP contribution is -2.50. The number of hydrogen-bond acceptors (Lipinski definition) is 5. The highest BCUT2D eigenvalue weighted by Crippen LogP contribution is 2.31. The Labute approximate surface area is 184 Å². The van der Waals surface area contributed by atoms with Crippen LogP contribution in [0.5, 0.6) is 5.75 Å². The second-order valence-electron chi connectivity index (χ2n) is 7.78. The maximum atomic E-state index is 12.3. The average molecular weight is 431 g/mol. The van der Waals surface area contributed by atoms with Gasteiger partial charge in [0.1, 0.15) is 5.75 Å². The normalized spacial score (nSPS) is 17.7. The molecule has 0 spiro atoms. The highest BCUT2D eigenvalue weighted by Gasteiger charge is 2.24. The molecule has 0 saturated carbocycles. The number of fused-ring (bicyclic) bond motifs is 1. The summed E-state index contributed by atoms with van der Waals surface area (Å²) in [5.41, 5.74) is 0.830. The van der Waals surface area contributed by atoms with Gasteiger partial charge in [0.15, 0.2) is 12.6 Å². The number of guanidine groups is 1. The Morgan fingerprint density at radius 1 is 1.26 bits per heavy atom. The molecular weight excluding hydrogens is 396 g/mol. The first kappa shape index (κ1) is 22.9. The van der Waals surface area contributed by atoms with E-state index in [1.54, 1.807) is 11.9 Å². The number of nitrogens with zero attached hydrogens (tertiary/aromatic N) is 3. The van der Waals surface area contributed by atoms with Gasteiger partial charge in [-0.05, 0) is 38.3 Å². The summed E-state index contributed by atoms with van der Waals surface area (Å²) in [6.45, 7) is 6.40. The third-order valence-corrected chi connectivity index (χ3v) is 5.54. The van der Waals surface area contributed by atoms with E-state index < -0.39 is 0 Å². The SMILES string of the molecule is CCNC(=NCCCN1C(=O)COc2ccccc21)NC1CCN(CC(=O)NC)CC1. The van der Waals surface area contributed by atoms with Gasteiger partial charge in [-0.2, -0.15) is 0 Å². The van der Waals surface area contributed by atoms with E-state index in [1.165, 1.54) is 0 Å². The molecule has 0 bridgehead atoms. The summed E-state index contributed by atoms with van der Waals surface area (Å²) in [5, 5.41) is 9.50. The Balaban J connectivity index is 1.46. The molecule has 2 aliphatic heterocycles. The van der Waals surface area contributed by atoms with Gasteiger partial charge >= 0.3 is 0 Å². The maximum absolute atomic E-state index is 12.3. The summed E-state index contributed by atoms with van der Waals surface area (Å²) < 4.78 is 5.50. The van der Waals surface area contributed by atoms with Crippen molar-refractivity contribution in [3.63, 3.8) is 0 Å². The average Bonchev–Trinajstić information content (AvgIpc) is 2.79. The number of nitrogens with one attached hydrogen (secondary N) is 3. The predicted molar refractivity (Wildman–Crippen MR) is 122 cm³/mol. The fraction of sp³-hybridized carbons (Fsp3) is 0.591. The van der Waals surface area contributed by atoms with Crippen LogP contribution in [0.4, 0.5) is 5.69 Å². The number of rotatable bonds is 8. The minimum atomic E-state index is -0.0174. The van der Waals surface area contributed by atoms with Gasteiger partial charge in [0, 0.05) is 45.8 Å². The summed E-state index contributed by atoms with van der Waals surface area (Å²) in [5.74, 6) is 1.60. The first-order valence-electron chi connectivity index (χ1n) is 11.1. The van der Waals surface area contributed by atoms with E-state index in [4.69, 9.17) is 9.73 Å². The molecule has 1 fully saturated rings. The number of amides is 2. The van der Waals surface area contributed by atoms with Gasteiger partial charge in [-0.3, -0.25) is 19.5 Å². The van der Waals surface area contributed by atoms with E-state index in [9.17, 15) is 9.59 Å². The molecule has 0 unspecified atom stereocenters.